The zero-order chi connectivity index (χ0) is 19.7. The summed E-state index contributed by atoms with van der Waals surface area (Å²) in [6.45, 7) is 3.36. The molecule has 0 spiro atoms. The van der Waals surface area contributed by atoms with Gasteiger partial charge in [0, 0.05) is 26.1 Å². The molecule has 1 unspecified atom stereocenters. The fourth-order valence-electron chi connectivity index (χ4n) is 4.04. The number of rotatable bonds is 5. The normalized spacial score (nSPS) is 17.1. The highest BCUT2D eigenvalue weighted by atomic mass is 16.6. The number of piperidine rings is 1. The molecule has 0 bridgehead atoms. The molecule has 1 aliphatic heterocycles. The molecule has 4 rings (SSSR count). The van der Waals surface area contributed by atoms with E-state index in [0.717, 1.165) is 36.5 Å². The van der Waals surface area contributed by atoms with Crippen LogP contribution in [-0.2, 0) is 13.5 Å². The summed E-state index contributed by atoms with van der Waals surface area (Å²) in [5.41, 5.74) is 2.76. The number of hydrogen-bond donors (Lipinski definition) is 1. The van der Waals surface area contributed by atoms with Crippen LogP contribution in [0.25, 0.3) is 11.3 Å². The van der Waals surface area contributed by atoms with E-state index in [-0.39, 0.29) is 16.5 Å². The van der Waals surface area contributed by atoms with Gasteiger partial charge in [0.1, 0.15) is 11.5 Å². The minimum absolute atomic E-state index is 0.134. The number of nitrogens with zero attached hydrogens (tertiary/aromatic N) is 5. The summed E-state index contributed by atoms with van der Waals surface area (Å²) >= 11 is 0. The van der Waals surface area contributed by atoms with Gasteiger partial charge < -0.3 is 9.88 Å². The summed E-state index contributed by atoms with van der Waals surface area (Å²) < 4.78 is 1.65. The second-order valence-electron chi connectivity index (χ2n) is 7.19. The van der Waals surface area contributed by atoms with Crippen molar-refractivity contribution < 1.29 is 4.92 Å². The number of anilines is 1. The molecule has 1 fully saturated rings. The van der Waals surface area contributed by atoms with Crippen molar-refractivity contribution in [1.82, 2.24) is 19.7 Å². The Morgan fingerprint density at radius 3 is 2.82 bits per heavy atom. The quantitative estimate of drug-likeness (QED) is 0.538. The highest BCUT2D eigenvalue weighted by molar-refractivity contribution is 5.62. The molecule has 3 aromatic rings. The number of aromatic amines is 1. The minimum Gasteiger partial charge on any atom is -0.350 e. The first-order chi connectivity index (χ1) is 13.6. The molecule has 3 heterocycles. The summed E-state index contributed by atoms with van der Waals surface area (Å²) in [4.78, 5) is 21.5. The van der Waals surface area contributed by atoms with Gasteiger partial charge in [0.25, 0.3) is 0 Å². The highest BCUT2D eigenvalue weighted by Crippen LogP contribution is 2.36. The van der Waals surface area contributed by atoms with E-state index in [0.29, 0.717) is 24.5 Å². The van der Waals surface area contributed by atoms with Crippen LogP contribution in [0.5, 0.6) is 0 Å². The molecule has 8 nitrogen and oxygen atoms in total. The molecule has 0 aliphatic carbocycles. The Morgan fingerprint density at radius 1 is 1.32 bits per heavy atom. The molecule has 1 atom stereocenters. The number of hydrogen-bond acceptors (Lipinski definition) is 5. The van der Waals surface area contributed by atoms with Gasteiger partial charge in [-0.2, -0.15) is 5.10 Å². The molecule has 2 aromatic heterocycles. The van der Waals surface area contributed by atoms with Crippen LogP contribution in [0.4, 0.5) is 11.5 Å². The third-order valence-corrected chi connectivity index (χ3v) is 5.37. The van der Waals surface area contributed by atoms with E-state index in [1.165, 1.54) is 0 Å². The van der Waals surface area contributed by atoms with Crippen molar-refractivity contribution in [2.75, 3.05) is 18.0 Å². The van der Waals surface area contributed by atoms with Crippen LogP contribution in [0.1, 0.15) is 37.2 Å². The maximum absolute atomic E-state index is 11.7. The first kappa shape index (κ1) is 18.2. The lowest BCUT2D eigenvalue weighted by Crippen LogP contribution is -2.36. The molecule has 1 aliphatic rings. The Hall–Kier alpha value is -3.16. The van der Waals surface area contributed by atoms with Gasteiger partial charge in [-0.05, 0) is 24.8 Å². The van der Waals surface area contributed by atoms with Crippen molar-refractivity contribution in [3.8, 4) is 11.3 Å². The molecule has 0 saturated carbocycles. The molecule has 28 heavy (non-hydrogen) atoms. The maximum atomic E-state index is 11.7. The van der Waals surface area contributed by atoms with Crippen LogP contribution in [-0.4, -0.2) is 37.8 Å². The third-order valence-electron chi connectivity index (χ3n) is 5.37. The van der Waals surface area contributed by atoms with Crippen molar-refractivity contribution in [3.63, 3.8) is 0 Å². The van der Waals surface area contributed by atoms with E-state index in [1.807, 2.05) is 31.3 Å². The van der Waals surface area contributed by atoms with Gasteiger partial charge in [0.05, 0.1) is 16.8 Å². The van der Waals surface area contributed by atoms with Gasteiger partial charge in [-0.25, -0.2) is 9.67 Å². The SMILES string of the molecule is CCc1nn(C)c(N2CCCC(c3ncc(-c4ccccc4)[nH]3)C2)c1[N+](=O)[O-]. The first-order valence-corrected chi connectivity index (χ1v) is 9.64. The first-order valence-electron chi connectivity index (χ1n) is 9.64. The number of aromatic nitrogens is 4. The Labute approximate surface area is 163 Å². The zero-order valence-electron chi connectivity index (χ0n) is 16.1. The average molecular weight is 380 g/mol. The number of nitro groups is 1. The Kier molecular flexibility index (Phi) is 4.85. The molecule has 1 N–H and O–H groups in total. The van der Waals surface area contributed by atoms with Crippen LogP contribution in [0.15, 0.2) is 36.5 Å². The average Bonchev–Trinajstić information content (AvgIpc) is 3.33. The molecule has 146 valence electrons. The lowest BCUT2D eigenvalue weighted by Gasteiger charge is -2.32. The van der Waals surface area contributed by atoms with Gasteiger partial charge in [0.2, 0.25) is 5.82 Å². The largest absolute Gasteiger partial charge is 0.350 e. The fraction of sp³-hybridized carbons (Fsp3) is 0.400. The smallest absolute Gasteiger partial charge is 0.334 e. The predicted molar refractivity (Wildman–Crippen MR) is 107 cm³/mol. The van der Waals surface area contributed by atoms with Gasteiger partial charge in [-0.1, -0.05) is 37.3 Å². The molecule has 1 aromatic carbocycles. The molecular formula is C20H24N6O2. The summed E-state index contributed by atoms with van der Waals surface area (Å²) in [5.74, 6) is 1.73. The molecule has 1 saturated heterocycles. The molecule has 0 amide bonds. The summed E-state index contributed by atoms with van der Waals surface area (Å²) in [6.07, 6.45) is 4.37. The Bertz CT molecular complexity index is 978. The number of benzene rings is 1. The predicted octanol–water partition coefficient (Wildman–Crippen LogP) is 3.66. The van der Waals surface area contributed by atoms with Crippen LogP contribution < -0.4 is 4.90 Å². The second kappa shape index (κ2) is 7.46. The van der Waals surface area contributed by atoms with E-state index >= 15 is 0 Å². The second-order valence-corrected chi connectivity index (χ2v) is 7.19. The lowest BCUT2D eigenvalue weighted by atomic mass is 9.97. The number of aryl methyl sites for hydroxylation is 2. The summed E-state index contributed by atoms with van der Waals surface area (Å²) in [5, 5.41) is 16.1. The van der Waals surface area contributed by atoms with Crippen molar-refractivity contribution in [3.05, 3.63) is 58.2 Å². The standard InChI is InChI=1S/C20H24N6O2/c1-3-16-18(26(27)28)20(24(2)23-16)25-11-7-10-15(13-25)19-21-12-17(22-19)14-8-5-4-6-9-14/h4-6,8-9,12,15H,3,7,10-11,13H2,1-2H3,(H,21,22). The summed E-state index contributed by atoms with van der Waals surface area (Å²) in [6, 6.07) is 10.1. The molecule has 8 heteroatoms. The van der Waals surface area contributed by atoms with Gasteiger partial charge >= 0.3 is 5.69 Å². The van der Waals surface area contributed by atoms with Crippen molar-refractivity contribution in [2.45, 2.75) is 32.1 Å². The van der Waals surface area contributed by atoms with Crippen LogP contribution in [0.2, 0.25) is 0 Å². The van der Waals surface area contributed by atoms with Crippen LogP contribution in [0, 0.1) is 10.1 Å². The monoisotopic (exact) mass is 380 g/mol. The number of nitrogens with one attached hydrogen (secondary N) is 1. The zero-order valence-corrected chi connectivity index (χ0v) is 16.1. The summed E-state index contributed by atoms with van der Waals surface area (Å²) in [7, 11) is 1.78. The van der Waals surface area contributed by atoms with Crippen molar-refractivity contribution in [1.29, 1.82) is 0 Å². The Morgan fingerprint density at radius 2 is 2.11 bits per heavy atom. The molecular weight excluding hydrogens is 356 g/mol. The van der Waals surface area contributed by atoms with E-state index < -0.39 is 0 Å². The van der Waals surface area contributed by atoms with Gasteiger partial charge in [0.15, 0.2) is 0 Å². The van der Waals surface area contributed by atoms with Gasteiger partial charge in [-0.15, -0.1) is 0 Å². The van der Waals surface area contributed by atoms with E-state index in [1.54, 1.807) is 11.7 Å². The minimum atomic E-state index is -0.300. The Balaban J connectivity index is 1.60. The van der Waals surface area contributed by atoms with Crippen molar-refractivity contribution in [2.24, 2.45) is 7.05 Å². The topological polar surface area (TPSA) is 92.9 Å². The van der Waals surface area contributed by atoms with Crippen molar-refractivity contribution >= 4 is 11.5 Å². The van der Waals surface area contributed by atoms with Gasteiger partial charge in [-0.3, -0.25) is 10.1 Å². The number of H-pyrrole nitrogens is 1. The fourth-order valence-corrected chi connectivity index (χ4v) is 4.04. The van der Waals surface area contributed by atoms with E-state index in [2.05, 4.69) is 32.1 Å². The lowest BCUT2D eigenvalue weighted by molar-refractivity contribution is -0.384. The highest BCUT2D eigenvalue weighted by Gasteiger charge is 2.33. The maximum Gasteiger partial charge on any atom is 0.334 e. The third kappa shape index (κ3) is 3.26. The molecule has 0 radical (unpaired) electrons. The van der Waals surface area contributed by atoms with E-state index in [4.69, 9.17) is 0 Å². The number of imidazole rings is 1. The van der Waals surface area contributed by atoms with Crippen LogP contribution >= 0.6 is 0 Å². The van der Waals surface area contributed by atoms with E-state index in [9.17, 15) is 10.1 Å². The van der Waals surface area contributed by atoms with Crippen LogP contribution in [0.3, 0.4) is 0 Å².